The summed E-state index contributed by atoms with van der Waals surface area (Å²) >= 11 is 0. The van der Waals surface area contributed by atoms with Crippen LogP contribution in [0.2, 0.25) is 0 Å². The number of nitrogens with zero attached hydrogens (tertiary/aromatic N) is 1. The highest BCUT2D eigenvalue weighted by molar-refractivity contribution is 5.76. The number of alkyl halides is 3. The van der Waals surface area contributed by atoms with E-state index in [2.05, 4.69) is 0 Å². The SMILES string of the molecule is NCCC(=O)N1CC[C@@H](C(F)(F)F)C1. The number of hydrogen-bond donors (Lipinski definition) is 1. The van der Waals surface area contributed by atoms with E-state index >= 15 is 0 Å². The molecule has 0 bridgehead atoms. The minimum Gasteiger partial charge on any atom is -0.342 e. The van der Waals surface area contributed by atoms with E-state index in [0.29, 0.717) is 0 Å². The maximum absolute atomic E-state index is 12.2. The Hall–Kier alpha value is -0.780. The lowest BCUT2D eigenvalue weighted by Crippen LogP contribution is -2.32. The summed E-state index contributed by atoms with van der Waals surface area (Å²) in [6.45, 7) is 0.178. The van der Waals surface area contributed by atoms with E-state index in [0.717, 1.165) is 0 Å². The third-order valence-corrected chi connectivity index (χ3v) is 2.36. The van der Waals surface area contributed by atoms with Crippen LogP contribution in [0.15, 0.2) is 0 Å². The summed E-state index contributed by atoms with van der Waals surface area (Å²) in [5.41, 5.74) is 5.15. The Morgan fingerprint density at radius 1 is 1.50 bits per heavy atom. The lowest BCUT2D eigenvalue weighted by Gasteiger charge is -2.17. The molecule has 1 fully saturated rings. The highest BCUT2D eigenvalue weighted by Gasteiger charge is 2.44. The molecule has 2 N–H and O–H groups in total. The van der Waals surface area contributed by atoms with Gasteiger partial charge in [0.15, 0.2) is 0 Å². The molecule has 0 aromatic heterocycles. The van der Waals surface area contributed by atoms with Gasteiger partial charge in [-0.2, -0.15) is 13.2 Å². The first-order valence-corrected chi connectivity index (χ1v) is 4.49. The van der Waals surface area contributed by atoms with Crippen molar-refractivity contribution in [3.8, 4) is 0 Å². The van der Waals surface area contributed by atoms with Crippen molar-refractivity contribution in [1.29, 1.82) is 0 Å². The Kier molecular flexibility index (Phi) is 3.36. The molecule has 0 unspecified atom stereocenters. The predicted octanol–water partition coefficient (Wildman–Crippen LogP) is 0.746. The number of likely N-dealkylation sites (tertiary alicyclic amines) is 1. The van der Waals surface area contributed by atoms with Crippen LogP contribution in [0.4, 0.5) is 13.2 Å². The summed E-state index contributed by atoms with van der Waals surface area (Å²) in [4.78, 5) is 12.4. The van der Waals surface area contributed by atoms with Crippen LogP contribution in [0.25, 0.3) is 0 Å². The minimum atomic E-state index is -4.18. The molecule has 0 radical (unpaired) electrons. The monoisotopic (exact) mass is 210 g/mol. The van der Waals surface area contributed by atoms with Gasteiger partial charge in [0, 0.05) is 26.1 Å². The maximum Gasteiger partial charge on any atom is 0.393 e. The maximum atomic E-state index is 12.2. The zero-order chi connectivity index (χ0) is 10.8. The van der Waals surface area contributed by atoms with Crippen molar-refractivity contribution in [3.05, 3.63) is 0 Å². The van der Waals surface area contributed by atoms with Gasteiger partial charge in [0.25, 0.3) is 0 Å². The van der Waals surface area contributed by atoms with Crippen molar-refractivity contribution in [3.63, 3.8) is 0 Å². The highest BCUT2D eigenvalue weighted by Crippen LogP contribution is 2.33. The number of nitrogens with two attached hydrogens (primary N) is 1. The van der Waals surface area contributed by atoms with Crippen molar-refractivity contribution in [2.75, 3.05) is 19.6 Å². The molecular formula is C8H13F3N2O. The van der Waals surface area contributed by atoms with E-state index in [1.165, 1.54) is 4.90 Å². The van der Waals surface area contributed by atoms with Gasteiger partial charge >= 0.3 is 6.18 Å². The molecule has 0 aromatic rings. The molecule has 14 heavy (non-hydrogen) atoms. The topological polar surface area (TPSA) is 46.3 Å². The molecule has 3 nitrogen and oxygen atoms in total. The zero-order valence-corrected chi connectivity index (χ0v) is 7.68. The van der Waals surface area contributed by atoms with Crippen molar-refractivity contribution in [2.24, 2.45) is 11.7 Å². The van der Waals surface area contributed by atoms with Crippen LogP contribution in [0.5, 0.6) is 0 Å². The van der Waals surface area contributed by atoms with Gasteiger partial charge in [0.2, 0.25) is 5.91 Å². The Bertz CT molecular complexity index is 217. The normalized spacial score (nSPS) is 22.9. The zero-order valence-electron chi connectivity index (χ0n) is 7.68. The van der Waals surface area contributed by atoms with Gasteiger partial charge in [-0.1, -0.05) is 0 Å². The van der Waals surface area contributed by atoms with Crippen molar-refractivity contribution in [2.45, 2.75) is 19.0 Å². The van der Waals surface area contributed by atoms with Gasteiger partial charge < -0.3 is 10.6 Å². The fraction of sp³-hybridized carbons (Fsp3) is 0.875. The molecule has 0 spiro atoms. The number of halogens is 3. The first-order valence-electron chi connectivity index (χ1n) is 4.49. The van der Waals surface area contributed by atoms with E-state index in [1.807, 2.05) is 0 Å². The molecule has 82 valence electrons. The summed E-state index contributed by atoms with van der Waals surface area (Å²) in [6.07, 6.45) is -4.04. The van der Waals surface area contributed by atoms with Crippen molar-refractivity contribution >= 4 is 5.91 Å². The molecule has 1 saturated heterocycles. The predicted molar refractivity (Wildman–Crippen MR) is 44.4 cm³/mol. The molecule has 1 aliphatic heterocycles. The molecule has 1 rings (SSSR count). The number of amides is 1. The van der Waals surface area contributed by atoms with Gasteiger partial charge in [-0.05, 0) is 6.42 Å². The molecule has 6 heteroatoms. The minimum absolute atomic E-state index is 0.0137. The first kappa shape index (κ1) is 11.3. The van der Waals surface area contributed by atoms with Crippen LogP contribution in [0.1, 0.15) is 12.8 Å². The quantitative estimate of drug-likeness (QED) is 0.730. The summed E-state index contributed by atoms with van der Waals surface area (Å²) in [6, 6.07) is 0. The fourth-order valence-electron chi connectivity index (χ4n) is 1.54. The lowest BCUT2D eigenvalue weighted by molar-refractivity contribution is -0.171. The first-order chi connectivity index (χ1) is 6.45. The lowest BCUT2D eigenvalue weighted by atomic mass is 10.1. The summed E-state index contributed by atoms with van der Waals surface area (Å²) in [7, 11) is 0. The van der Waals surface area contributed by atoms with Crippen LogP contribution in [-0.4, -0.2) is 36.6 Å². The molecule has 0 aliphatic carbocycles. The van der Waals surface area contributed by atoms with E-state index in [9.17, 15) is 18.0 Å². The Balaban J connectivity index is 2.45. The summed E-state index contributed by atoms with van der Waals surface area (Å²) < 4.78 is 36.7. The van der Waals surface area contributed by atoms with Crippen LogP contribution in [0, 0.1) is 5.92 Å². The van der Waals surface area contributed by atoms with E-state index in [-0.39, 0.29) is 38.4 Å². The van der Waals surface area contributed by atoms with E-state index in [4.69, 9.17) is 5.73 Å². The van der Waals surface area contributed by atoms with Crippen molar-refractivity contribution in [1.82, 2.24) is 4.90 Å². The second-order valence-electron chi connectivity index (χ2n) is 3.41. The molecule has 0 saturated carbocycles. The number of hydrogen-bond acceptors (Lipinski definition) is 2. The summed E-state index contributed by atoms with van der Waals surface area (Å²) in [5.74, 6) is -1.64. The number of carbonyl (C=O) groups is 1. The Morgan fingerprint density at radius 3 is 2.57 bits per heavy atom. The molecule has 1 aliphatic rings. The summed E-state index contributed by atoms with van der Waals surface area (Å²) in [5, 5.41) is 0. The van der Waals surface area contributed by atoms with Crippen molar-refractivity contribution < 1.29 is 18.0 Å². The molecule has 0 aromatic carbocycles. The average molecular weight is 210 g/mol. The average Bonchev–Trinajstić information content (AvgIpc) is 2.51. The van der Waals surface area contributed by atoms with Gasteiger partial charge in [-0.15, -0.1) is 0 Å². The number of rotatable bonds is 2. The smallest absolute Gasteiger partial charge is 0.342 e. The third kappa shape index (κ3) is 2.60. The Morgan fingerprint density at radius 2 is 2.14 bits per heavy atom. The Labute approximate surface area is 80.0 Å². The largest absolute Gasteiger partial charge is 0.393 e. The standard InChI is InChI=1S/C8H13F3N2O/c9-8(10,11)6-2-4-13(5-6)7(14)1-3-12/h6H,1-5,12H2/t6-/m1/s1. The second-order valence-corrected chi connectivity index (χ2v) is 3.41. The molecular weight excluding hydrogens is 197 g/mol. The van der Waals surface area contributed by atoms with Gasteiger partial charge in [-0.3, -0.25) is 4.79 Å². The molecule has 1 heterocycles. The van der Waals surface area contributed by atoms with Crippen LogP contribution >= 0.6 is 0 Å². The van der Waals surface area contributed by atoms with Gasteiger partial charge in [0.05, 0.1) is 5.92 Å². The van der Waals surface area contributed by atoms with Crippen LogP contribution in [-0.2, 0) is 4.79 Å². The second kappa shape index (κ2) is 4.16. The number of carbonyl (C=O) groups excluding carboxylic acids is 1. The molecule has 1 atom stereocenters. The third-order valence-electron chi connectivity index (χ3n) is 2.36. The van der Waals surface area contributed by atoms with Gasteiger partial charge in [-0.25, -0.2) is 0 Å². The van der Waals surface area contributed by atoms with E-state index < -0.39 is 12.1 Å². The fourth-order valence-corrected chi connectivity index (χ4v) is 1.54. The highest BCUT2D eigenvalue weighted by atomic mass is 19.4. The van der Waals surface area contributed by atoms with Gasteiger partial charge in [0.1, 0.15) is 0 Å². The molecule has 1 amide bonds. The van der Waals surface area contributed by atoms with Crippen LogP contribution < -0.4 is 5.73 Å². The van der Waals surface area contributed by atoms with Crippen LogP contribution in [0.3, 0.4) is 0 Å². The van der Waals surface area contributed by atoms with E-state index in [1.54, 1.807) is 0 Å².